The predicted octanol–water partition coefficient (Wildman–Crippen LogP) is 6.77. The number of anilines is 1. The highest BCUT2D eigenvalue weighted by Gasteiger charge is 2.18. The van der Waals surface area contributed by atoms with Gasteiger partial charge in [0.2, 0.25) is 0 Å². The molecule has 3 aromatic rings. The van der Waals surface area contributed by atoms with E-state index in [-0.39, 0.29) is 5.82 Å². The van der Waals surface area contributed by atoms with Crippen molar-refractivity contribution in [2.45, 2.75) is 47.1 Å². The highest BCUT2D eigenvalue weighted by atomic mass is 127. The van der Waals surface area contributed by atoms with Crippen molar-refractivity contribution >= 4 is 53.3 Å². The highest BCUT2D eigenvalue weighted by molar-refractivity contribution is 14.2. The van der Waals surface area contributed by atoms with Crippen molar-refractivity contribution in [3.8, 4) is 11.1 Å². The number of nitrogens with one attached hydrogen (secondary N) is 1. The lowest BCUT2D eigenvalue weighted by atomic mass is 10.1. The second-order valence-electron chi connectivity index (χ2n) is 6.98. The molecule has 3 rings (SSSR count). The molecule has 156 valence electrons. The predicted molar refractivity (Wildman–Crippen MR) is 126 cm³/mol. The van der Waals surface area contributed by atoms with Gasteiger partial charge >= 0.3 is 6.09 Å². The Labute approximate surface area is 186 Å². The maximum absolute atomic E-state index is 14.4. The van der Waals surface area contributed by atoms with Crippen LogP contribution in [0.4, 0.5) is 15.0 Å². The first-order valence-corrected chi connectivity index (χ1v) is 12.4. The third-order valence-corrected chi connectivity index (χ3v) is 5.38. The number of carbonyl (C=O) groups is 1. The fraction of sp³-hybridized carbons (Fsp3) is 0.350. The first kappa shape index (κ1) is 23.4. The molecule has 6 nitrogen and oxygen atoms in total. The summed E-state index contributed by atoms with van der Waals surface area (Å²) in [6, 6.07) is 3.28. The second-order valence-corrected chi connectivity index (χ2v) is 8.70. The molecule has 0 aliphatic heterocycles. The van der Waals surface area contributed by atoms with Gasteiger partial charge in [0.05, 0.1) is 0 Å². The van der Waals surface area contributed by atoms with E-state index in [1.807, 2.05) is 37.0 Å². The van der Waals surface area contributed by atoms with Crippen molar-refractivity contribution in [2.24, 2.45) is 0 Å². The largest absolute Gasteiger partial charge is 0.444 e. The number of hydrogen-bond acceptors (Lipinski definition) is 5. The normalized spacial score (nSPS) is 11.0. The SMILES string of the molecule is CC.Cc1cn(SI)c2ncc(-c3cnc(NC(=O)OC(C)(C)C)c(F)c3)cc12. The smallest absolute Gasteiger partial charge is 0.413 e. The highest BCUT2D eigenvalue weighted by Crippen LogP contribution is 2.30. The zero-order valence-electron chi connectivity index (χ0n) is 17.2. The molecule has 0 fully saturated rings. The fourth-order valence-electron chi connectivity index (χ4n) is 2.53. The Morgan fingerprint density at radius 1 is 1.21 bits per heavy atom. The summed E-state index contributed by atoms with van der Waals surface area (Å²) in [6.45, 7) is 11.2. The molecule has 0 aliphatic carbocycles. The molecule has 0 saturated heterocycles. The second kappa shape index (κ2) is 9.75. The molecule has 0 radical (unpaired) electrons. The van der Waals surface area contributed by atoms with Crippen molar-refractivity contribution in [3.05, 3.63) is 42.1 Å². The van der Waals surface area contributed by atoms with Gasteiger partial charge in [-0.15, -0.1) is 0 Å². The fourth-order valence-corrected chi connectivity index (χ4v) is 3.84. The number of hydrogen-bond donors (Lipinski definition) is 1. The van der Waals surface area contributed by atoms with Crippen LogP contribution in [0.15, 0.2) is 30.7 Å². The summed E-state index contributed by atoms with van der Waals surface area (Å²) in [6.07, 6.45) is 4.43. The molecule has 9 heteroatoms. The molecular weight excluding hydrogens is 506 g/mol. The molecule has 29 heavy (non-hydrogen) atoms. The van der Waals surface area contributed by atoms with Crippen molar-refractivity contribution < 1.29 is 13.9 Å². The number of halogens is 2. The molecule has 1 N–H and O–H groups in total. The number of ether oxygens (including phenoxy) is 1. The summed E-state index contributed by atoms with van der Waals surface area (Å²) < 4.78 is 21.5. The average molecular weight is 530 g/mol. The van der Waals surface area contributed by atoms with E-state index >= 15 is 0 Å². The van der Waals surface area contributed by atoms with Crippen LogP contribution in [-0.4, -0.2) is 25.6 Å². The number of nitrogens with zero attached hydrogens (tertiary/aromatic N) is 3. The molecule has 0 aliphatic rings. The van der Waals surface area contributed by atoms with Gasteiger partial charge in [-0.05, 0) is 45.4 Å². The standard InChI is InChI=1S/C18H18FIN4O2S.C2H6/c1-10-9-24(27-20)16-13(10)5-11(8-22-16)12-6-14(19)15(21-7-12)23-17(25)26-18(2,3)4;1-2/h5-9H,1-4H3,(H,21,23,25);1-2H3. The monoisotopic (exact) mass is 530 g/mol. The van der Waals surface area contributed by atoms with E-state index < -0.39 is 17.5 Å². The zero-order valence-corrected chi connectivity index (χ0v) is 20.2. The van der Waals surface area contributed by atoms with Gasteiger partial charge in [-0.3, -0.25) is 9.29 Å². The lowest BCUT2D eigenvalue weighted by Gasteiger charge is -2.19. The minimum absolute atomic E-state index is 0.175. The Bertz CT molecular complexity index is 1020. The molecule has 3 heterocycles. The van der Waals surface area contributed by atoms with E-state index in [0.717, 1.165) is 22.2 Å². The van der Waals surface area contributed by atoms with E-state index in [9.17, 15) is 9.18 Å². The number of pyridine rings is 2. The summed E-state index contributed by atoms with van der Waals surface area (Å²) in [7, 11) is 1.53. The summed E-state index contributed by atoms with van der Waals surface area (Å²) in [5.41, 5.74) is 2.59. The lowest BCUT2D eigenvalue weighted by Crippen LogP contribution is -2.27. The molecule has 0 saturated carbocycles. The number of aryl methyl sites for hydroxylation is 1. The summed E-state index contributed by atoms with van der Waals surface area (Å²) in [5.74, 6) is -0.818. The summed E-state index contributed by atoms with van der Waals surface area (Å²) in [5, 5.41) is 3.32. The van der Waals surface area contributed by atoms with Gasteiger partial charge in [-0.2, -0.15) is 0 Å². The zero-order chi connectivity index (χ0) is 21.8. The van der Waals surface area contributed by atoms with Crippen LogP contribution in [-0.2, 0) is 4.74 Å². The van der Waals surface area contributed by atoms with Crippen LogP contribution in [0, 0.1) is 12.7 Å². The van der Waals surface area contributed by atoms with Crippen LogP contribution in [0.25, 0.3) is 22.2 Å². The number of amides is 1. The summed E-state index contributed by atoms with van der Waals surface area (Å²) in [4.78, 5) is 20.3. The topological polar surface area (TPSA) is 69.0 Å². The van der Waals surface area contributed by atoms with E-state index in [1.54, 1.807) is 27.0 Å². The Morgan fingerprint density at radius 2 is 1.83 bits per heavy atom. The lowest BCUT2D eigenvalue weighted by molar-refractivity contribution is 0.0634. The first-order chi connectivity index (χ1) is 13.7. The van der Waals surface area contributed by atoms with Crippen LogP contribution in [0.1, 0.15) is 40.2 Å². The number of aromatic nitrogens is 3. The molecule has 0 unspecified atom stereocenters. The summed E-state index contributed by atoms with van der Waals surface area (Å²) >= 11 is 2.20. The maximum Gasteiger partial charge on any atom is 0.413 e. The molecule has 0 bridgehead atoms. The van der Waals surface area contributed by atoms with Gasteiger partial charge in [0.25, 0.3) is 0 Å². The van der Waals surface area contributed by atoms with Crippen molar-refractivity contribution in [2.75, 3.05) is 5.32 Å². The molecule has 1 amide bonds. The van der Waals surface area contributed by atoms with Crippen molar-refractivity contribution in [1.29, 1.82) is 0 Å². The maximum atomic E-state index is 14.4. The Balaban J connectivity index is 0.00000145. The van der Waals surface area contributed by atoms with E-state index in [0.29, 0.717) is 5.56 Å². The van der Waals surface area contributed by atoms with Gasteiger partial charge in [0.15, 0.2) is 17.3 Å². The van der Waals surface area contributed by atoms with Crippen LogP contribution in [0.5, 0.6) is 0 Å². The van der Waals surface area contributed by atoms with Gasteiger partial charge in [0, 0.05) is 65.4 Å². The van der Waals surface area contributed by atoms with Crippen LogP contribution >= 0.6 is 30.3 Å². The van der Waals surface area contributed by atoms with Crippen molar-refractivity contribution in [3.63, 3.8) is 0 Å². The quantitative estimate of drug-likeness (QED) is 0.379. The molecule has 0 aromatic carbocycles. The Kier molecular flexibility index (Phi) is 7.87. The van der Waals surface area contributed by atoms with Gasteiger partial charge in [-0.1, -0.05) is 13.8 Å². The van der Waals surface area contributed by atoms with E-state index in [1.165, 1.54) is 21.4 Å². The molecule has 0 atom stereocenters. The number of rotatable bonds is 3. The Morgan fingerprint density at radius 3 is 2.41 bits per heavy atom. The van der Waals surface area contributed by atoms with Crippen molar-refractivity contribution in [1.82, 2.24) is 13.9 Å². The van der Waals surface area contributed by atoms with Gasteiger partial charge in [-0.25, -0.2) is 19.2 Å². The minimum Gasteiger partial charge on any atom is -0.444 e. The minimum atomic E-state index is -0.752. The van der Waals surface area contributed by atoms with Crippen LogP contribution in [0.3, 0.4) is 0 Å². The van der Waals surface area contributed by atoms with Crippen LogP contribution < -0.4 is 5.32 Å². The first-order valence-electron chi connectivity index (χ1n) is 9.10. The van der Waals surface area contributed by atoms with E-state index in [4.69, 9.17) is 4.74 Å². The number of carbonyl (C=O) groups excluding carboxylic acids is 1. The average Bonchev–Trinajstić information content (AvgIpc) is 2.99. The van der Waals surface area contributed by atoms with Crippen LogP contribution in [0.2, 0.25) is 0 Å². The third kappa shape index (κ3) is 5.81. The van der Waals surface area contributed by atoms with E-state index in [2.05, 4.69) is 36.5 Å². The molecule has 3 aromatic heterocycles. The van der Waals surface area contributed by atoms with Gasteiger partial charge < -0.3 is 4.74 Å². The molecular formula is C20H24FIN4O2S. The van der Waals surface area contributed by atoms with Gasteiger partial charge in [0.1, 0.15) is 5.60 Å². The molecule has 0 spiro atoms. The third-order valence-electron chi connectivity index (χ3n) is 3.68. The number of fused-ring (bicyclic) bond motifs is 1. The Hall–Kier alpha value is -1.88.